The molecule has 0 aliphatic heterocycles. The Morgan fingerprint density at radius 3 is 2.40 bits per heavy atom. The molecule has 19 heteroatoms. The summed E-state index contributed by atoms with van der Waals surface area (Å²) in [6, 6.07) is 6.46. The van der Waals surface area contributed by atoms with Crippen LogP contribution in [0.25, 0.3) is 5.82 Å². The van der Waals surface area contributed by atoms with Crippen molar-refractivity contribution in [3.05, 3.63) is 74.4 Å². The van der Waals surface area contributed by atoms with Crippen molar-refractivity contribution in [1.82, 2.24) is 40.3 Å². The average Bonchev–Trinajstić information content (AvgIpc) is 3.52. The van der Waals surface area contributed by atoms with Gasteiger partial charge in [-0.15, -0.1) is 5.10 Å². The van der Waals surface area contributed by atoms with Gasteiger partial charge in [0.15, 0.2) is 5.82 Å². The lowest BCUT2D eigenvalue weighted by atomic mass is 10.1. The second-order valence-electron chi connectivity index (χ2n) is 7.82. The summed E-state index contributed by atoms with van der Waals surface area (Å²) in [7, 11) is 1.34. The van der Waals surface area contributed by atoms with Crippen molar-refractivity contribution in [3.8, 4) is 5.82 Å². The number of amides is 2. The lowest BCUT2D eigenvalue weighted by molar-refractivity contribution is -0.293. The van der Waals surface area contributed by atoms with Crippen molar-refractivity contribution < 1.29 is 31.5 Å². The summed E-state index contributed by atoms with van der Waals surface area (Å²) in [6.45, 7) is -0.809. The van der Waals surface area contributed by atoms with Crippen LogP contribution in [0.1, 0.15) is 32.4 Å². The second kappa shape index (κ2) is 10.9. The van der Waals surface area contributed by atoms with Crippen molar-refractivity contribution in [3.63, 3.8) is 0 Å². The highest BCUT2D eigenvalue weighted by Crippen LogP contribution is 2.42. The average molecular weight is 625 g/mol. The van der Waals surface area contributed by atoms with Gasteiger partial charge in [0.2, 0.25) is 5.82 Å². The summed E-state index contributed by atoms with van der Waals surface area (Å²) in [6.07, 6.45) is -4.67. The highest BCUT2D eigenvalue weighted by Gasteiger charge is 2.62. The Morgan fingerprint density at radius 1 is 1.02 bits per heavy atom. The van der Waals surface area contributed by atoms with E-state index in [1.807, 2.05) is 0 Å². The van der Waals surface area contributed by atoms with Crippen LogP contribution in [0.15, 0.2) is 36.5 Å². The minimum Gasteiger partial charge on any atom is -0.355 e. The minimum atomic E-state index is -5.98. The van der Waals surface area contributed by atoms with Gasteiger partial charge in [-0.3, -0.25) is 9.59 Å². The van der Waals surface area contributed by atoms with Gasteiger partial charge in [-0.05, 0) is 40.8 Å². The van der Waals surface area contributed by atoms with E-state index >= 15 is 0 Å². The van der Waals surface area contributed by atoms with Crippen molar-refractivity contribution in [1.29, 1.82) is 0 Å². The molecule has 2 amide bonds. The number of hydrogen-bond donors (Lipinski definition) is 2. The maximum atomic E-state index is 14.0. The number of hydrogen-bond acceptors (Lipinski definition) is 7. The smallest absolute Gasteiger partial charge is 0.355 e. The maximum Gasteiger partial charge on any atom is 0.461 e. The number of nitrogens with one attached hydrogen (secondary N) is 2. The molecule has 11 nitrogen and oxygen atoms in total. The molecule has 40 heavy (non-hydrogen) atoms. The first-order valence-electron chi connectivity index (χ1n) is 10.7. The predicted molar refractivity (Wildman–Crippen MR) is 131 cm³/mol. The van der Waals surface area contributed by atoms with E-state index in [9.17, 15) is 31.5 Å². The summed E-state index contributed by atoms with van der Waals surface area (Å²) in [5, 5.41) is 17.9. The number of rotatable bonds is 7. The third kappa shape index (κ3) is 5.55. The van der Waals surface area contributed by atoms with Gasteiger partial charge in [-0.25, -0.2) is 14.3 Å². The largest absolute Gasteiger partial charge is 0.461 e. The zero-order chi connectivity index (χ0) is 29.4. The zero-order valence-corrected chi connectivity index (χ0v) is 21.9. The molecule has 1 aromatic carbocycles. The molecular formula is C21H13Cl3F5N9O2. The topological polar surface area (TPSA) is 133 Å². The lowest BCUT2D eigenvalue weighted by Gasteiger charge is -2.18. The summed E-state index contributed by atoms with van der Waals surface area (Å²) in [5.41, 5.74) is -0.776. The summed E-state index contributed by atoms with van der Waals surface area (Å²) < 4.78 is 67.8. The number of benzene rings is 1. The molecule has 0 unspecified atom stereocenters. The van der Waals surface area contributed by atoms with E-state index in [4.69, 9.17) is 34.8 Å². The fraction of sp³-hybridized carbons (Fsp3) is 0.190. The van der Waals surface area contributed by atoms with Gasteiger partial charge in [0, 0.05) is 18.3 Å². The highest BCUT2D eigenvalue weighted by atomic mass is 35.5. The molecule has 0 aliphatic rings. The van der Waals surface area contributed by atoms with Crippen molar-refractivity contribution in [2.45, 2.75) is 18.6 Å². The van der Waals surface area contributed by atoms with E-state index in [0.717, 1.165) is 10.7 Å². The van der Waals surface area contributed by atoms with Crippen LogP contribution in [-0.4, -0.2) is 60.0 Å². The van der Waals surface area contributed by atoms with Crippen LogP contribution < -0.4 is 10.6 Å². The summed E-state index contributed by atoms with van der Waals surface area (Å²) >= 11 is 18.4. The first kappa shape index (κ1) is 29.1. The number of halogens is 8. The van der Waals surface area contributed by atoms with E-state index in [1.54, 1.807) is 0 Å². The molecule has 0 saturated heterocycles. The van der Waals surface area contributed by atoms with Gasteiger partial charge in [-0.2, -0.15) is 27.1 Å². The quantitative estimate of drug-likeness (QED) is 0.289. The maximum absolute atomic E-state index is 14.0. The molecular weight excluding hydrogens is 612 g/mol. The van der Waals surface area contributed by atoms with Crippen LogP contribution in [0.2, 0.25) is 15.1 Å². The monoisotopic (exact) mass is 623 g/mol. The van der Waals surface area contributed by atoms with Crippen molar-refractivity contribution in [2.75, 3.05) is 12.4 Å². The van der Waals surface area contributed by atoms with E-state index in [1.165, 1.54) is 37.5 Å². The number of aromatic nitrogens is 7. The first-order chi connectivity index (χ1) is 18.7. The summed E-state index contributed by atoms with van der Waals surface area (Å²) in [4.78, 5) is 29.8. The van der Waals surface area contributed by atoms with E-state index in [-0.39, 0.29) is 48.2 Å². The SMILES string of the molecule is CNC(=O)c1cc(Cl)cc(Cl)c1NC(=O)c1cc(Cn2nnnc2C(F)(F)C(F)(F)F)nn1-c1ncccc1Cl. The van der Waals surface area contributed by atoms with E-state index in [2.05, 4.69) is 36.2 Å². The standard InChI is InChI=1S/C21H13Cl3F5N9O2/c1-30-17(39)11-5-9(22)6-13(24)15(11)32-18(40)14-7-10(34-38(14)16-12(23)3-2-4-31-16)8-37-19(33-35-36-37)20(25,26)21(27,28)29/h2-7H,8H2,1H3,(H,30,39)(H,32,40). The fourth-order valence-electron chi connectivity index (χ4n) is 3.37. The number of pyridine rings is 1. The molecule has 0 spiro atoms. The Labute approximate surface area is 235 Å². The summed E-state index contributed by atoms with van der Waals surface area (Å²) in [5.74, 6) is -8.84. The molecule has 0 bridgehead atoms. The molecule has 0 saturated carbocycles. The van der Waals surface area contributed by atoms with Crippen LogP contribution in [0.4, 0.5) is 27.6 Å². The number of carbonyl (C=O) groups excluding carboxylic acids is 2. The minimum absolute atomic E-state index is 0.00786. The highest BCUT2D eigenvalue weighted by molar-refractivity contribution is 6.38. The number of nitrogens with zero attached hydrogens (tertiary/aromatic N) is 7. The molecule has 2 N–H and O–H groups in total. The molecule has 0 atom stereocenters. The Kier molecular flexibility index (Phi) is 7.96. The zero-order valence-electron chi connectivity index (χ0n) is 19.6. The number of carbonyl (C=O) groups is 2. The fourth-order valence-corrected chi connectivity index (χ4v) is 4.11. The van der Waals surface area contributed by atoms with Crippen LogP contribution in [0.3, 0.4) is 0 Å². The van der Waals surface area contributed by atoms with Gasteiger partial charge in [0.05, 0.1) is 33.5 Å². The Hall–Kier alpha value is -3.89. The van der Waals surface area contributed by atoms with E-state index < -0.39 is 36.3 Å². The van der Waals surface area contributed by atoms with Crippen LogP contribution in [0.5, 0.6) is 0 Å². The van der Waals surface area contributed by atoms with Crippen LogP contribution in [0, 0.1) is 0 Å². The van der Waals surface area contributed by atoms with E-state index in [0.29, 0.717) is 0 Å². The van der Waals surface area contributed by atoms with Gasteiger partial charge in [0.1, 0.15) is 5.69 Å². The normalized spacial score (nSPS) is 11.9. The van der Waals surface area contributed by atoms with Crippen molar-refractivity contribution >= 4 is 52.3 Å². The molecule has 4 aromatic rings. The van der Waals surface area contributed by atoms with Gasteiger partial charge < -0.3 is 10.6 Å². The molecule has 0 radical (unpaired) electrons. The predicted octanol–water partition coefficient (Wildman–Crippen LogP) is 4.53. The molecule has 3 aromatic heterocycles. The third-order valence-electron chi connectivity index (χ3n) is 5.18. The lowest BCUT2D eigenvalue weighted by Crippen LogP contribution is -2.36. The van der Waals surface area contributed by atoms with Gasteiger partial charge in [0.25, 0.3) is 11.8 Å². The Balaban J connectivity index is 1.79. The Morgan fingerprint density at radius 2 is 1.75 bits per heavy atom. The number of anilines is 1. The molecule has 0 aliphatic carbocycles. The second-order valence-corrected chi connectivity index (χ2v) is 9.07. The molecule has 210 valence electrons. The van der Waals surface area contributed by atoms with Crippen molar-refractivity contribution in [2.24, 2.45) is 0 Å². The molecule has 0 fully saturated rings. The van der Waals surface area contributed by atoms with Crippen LogP contribution >= 0.6 is 34.8 Å². The molecule has 3 heterocycles. The first-order valence-corrected chi connectivity index (χ1v) is 11.8. The van der Waals surface area contributed by atoms with Gasteiger partial charge in [-0.1, -0.05) is 34.8 Å². The van der Waals surface area contributed by atoms with Gasteiger partial charge >= 0.3 is 12.1 Å². The van der Waals surface area contributed by atoms with Crippen LogP contribution in [-0.2, 0) is 12.5 Å². The third-order valence-corrected chi connectivity index (χ3v) is 5.99. The number of tetrazole rings is 1. The number of alkyl halides is 5. The molecule has 4 rings (SSSR count). The Bertz CT molecular complexity index is 1610.